The molecule has 1 atom stereocenters. The van der Waals surface area contributed by atoms with E-state index in [4.69, 9.17) is 0 Å². The van der Waals surface area contributed by atoms with E-state index in [1.807, 2.05) is 30.2 Å². The molecule has 0 radical (unpaired) electrons. The molecule has 5 rings (SSSR count). The molecule has 1 N–H and O–H groups in total. The van der Waals surface area contributed by atoms with Crippen molar-refractivity contribution in [3.63, 3.8) is 0 Å². The third-order valence-corrected chi connectivity index (χ3v) is 7.06. The highest BCUT2D eigenvalue weighted by molar-refractivity contribution is 7.99. The number of nitrogens with one attached hydrogen (secondary N) is 1. The third kappa shape index (κ3) is 2.61. The lowest BCUT2D eigenvalue weighted by molar-refractivity contribution is -0.0682. The molecule has 4 fully saturated rings. The average Bonchev–Trinajstić information content (AvgIpc) is 2.47. The van der Waals surface area contributed by atoms with Crippen LogP contribution in [0.15, 0.2) is 23.6 Å². The molecule has 1 heterocycles. The highest BCUT2D eigenvalue weighted by Gasteiger charge is 2.53. The van der Waals surface area contributed by atoms with Crippen molar-refractivity contribution in [3.8, 4) is 0 Å². The molecule has 0 amide bonds. The molecule has 1 aromatic rings. The predicted molar refractivity (Wildman–Crippen MR) is 86.2 cm³/mol. The molecule has 4 aliphatic rings. The first-order chi connectivity index (χ1) is 10.3. The Kier molecular flexibility index (Phi) is 3.70. The van der Waals surface area contributed by atoms with Gasteiger partial charge in [-0.1, -0.05) is 11.8 Å². The first-order valence-electron chi connectivity index (χ1n) is 8.34. The minimum Gasteiger partial charge on any atom is -0.316 e. The number of thioether (sulfide) groups is 1. The Morgan fingerprint density at radius 2 is 1.71 bits per heavy atom. The maximum Gasteiger partial charge on any atom is 0.187 e. The lowest BCUT2D eigenvalue weighted by atomic mass is 9.48. The predicted octanol–water partition coefficient (Wildman–Crippen LogP) is 3.37. The molecule has 21 heavy (non-hydrogen) atoms. The summed E-state index contributed by atoms with van der Waals surface area (Å²) in [4.78, 5) is 8.71. The molecule has 0 spiro atoms. The second-order valence-corrected chi connectivity index (χ2v) is 8.45. The smallest absolute Gasteiger partial charge is 0.187 e. The lowest BCUT2D eigenvalue weighted by Crippen LogP contribution is -2.56. The number of rotatable bonds is 5. The summed E-state index contributed by atoms with van der Waals surface area (Å²) in [7, 11) is 2.15. The van der Waals surface area contributed by atoms with Crippen LogP contribution in [-0.4, -0.2) is 28.8 Å². The van der Waals surface area contributed by atoms with Crippen LogP contribution in [0.25, 0.3) is 0 Å². The Hall–Kier alpha value is -0.610. The van der Waals surface area contributed by atoms with E-state index in [0.717, 1.165) is 28.7 Å². The molecule has 1 unspecified atom stereocenters. The molecule has 0 saturated heterocycles. The van der Waals surface area contributed by atoms with E-state index in [2.05, 4.69) is 22.3 Å². The standard InChI is InChI=1S/C17H25N3S/c1-18-15(11-21-16-19-3-2-4-20-16)17-8-12-5-13(9-17)7-14(6-12)10-17/h2-4,12-15,18H,5-11H2,1H3. The van der Waals surface area contributed by atoms with Crippen LogP contribution in [-0.2, 0) is 0 Å². The van der Waals surface area contributed by atoms with Crippen molar-refractivity contribution in [2.24, 2.45) is 23.2 Å². The van der Waals surface area contributed by atoms with Gasteiger partial charge < -0.3 is 5.32 Å². The van der Waals surface area contributed by atoms with Crippen molar-refractivity contribution in [2.45, 2.75) is 49.7 Å². The summed E-state index contributed by atoms with van der Waals surface area (Å²) in [6.07, 6.45) is 12.6. The van der Waals surface area contributed by atoms with Crippen LogP contribution < -0.4 is 5.32 Å². The van der Waals surface area contributed by atoms with Gasteiger partial charge in [-0.15, -0.1) is 0 Å². The minimum absolute atomic E-state index is 0.561. The van der Waals surface area contributed by atoms with Crippen LogP contribution in [0.2, 0.25) is 0 Å². The largest absolute Gasteiger partial charge is 0.316 e. The molecule has 4 aliphatic carbocycles. The van der Waals surface area contributed by atoms with Crippen LogP contribution in [0.1, 0.15) is 38.5 Å². The Balaban J connectivity index is 1.48. The van der Waals surface area contributed by atoms with Crippen LogP contribution in [0.4, 0.5) is 0 Å². The van der Waals surface area contributed by atoms with Crippen molar-refractivity contribution >= 4 is 11.8 Å². The monoisotopic (exact) mass is 303 g/mol. The van der Waals surface area contributed by atoms with Crippen molar-refractivity contribution in [2.75, 3.05) is 12.8 Å². The summed E-state index contributed by atoms with van der Waals surface area (Å²) >= 11 is 1.82. The summed E-state index contributed by atoms with van der Waals surface area (Å²) < 4.78 is 0. The fourth-order valence-corrected chi connectivity index (χ4v) is 6.80. The number of nitrogens with zero attached hydrogens (tertiary/aromatic N) is 2. The van der Waals surface area contributed by atoms with Gasteiger partial charge in [0.05, 0.1) is 0 Å². The third-order valence-electron chi connectivity index (χ3n) is 6.09. The van der Waals surface area contributed by atoms with E-state index in [9.17, 15) is 0 Å². The summed E-state index contributed by atoms with van der Waals surface area (Å²) in [6.45, 7) is 0. The second kappa shape index (κ2) is 5.54. The minimum atomic E-state index is 0.561. The molecule has 0 aliphatic heterocycles. The highest BCUT2D eigenvalue weighted by Crippen LogP contribution is 2.61. The molecule has 0 aromatic carbocycles. The van der Waals surface area contributed by atoms with Gasteiger partial charge >= 0.3 is 0 Å². The number of aromatic nitrogens is 2. The van der Waals surface area contributed by atoms with Crippen molar-refractivity contribution in [3.05, 3.63) is 18.5 Å². The molecule has 4 saturated carbocycles. The zero-order valence-corrected chi connectivity index (χ0v) is 13.6. The van der Waals surface area contributed by atoms with Crippen LogP contribution in [0.5, 0.6) is 0 Å². The van der Waals surface area contributed by atoms with Crippen LogP contribution >= 0.6 is 11.8 Å². The Labute approximate surface area is 131 Å². The molecule has 4 heteroatoms. The van der Waals surface area contributed by atoms with Crippen molar-refractivity contribution < 1.29 is 0 Å². The van der Waals surface area contributed by atoms with Gasteiger partial charge in [-0.2, -0.15) is 0 Å². The number of hydrogen-bond donors (Lipinski definition) is 1. The molecular weight excluding hydrogens is 278 g/mol. The SMILES string of the molecule is CNC(CSc1ncccn1)C12CC3CC(CC(C3)C1)C2. The van der Waals surface area contributed by atoms with Gasteiger partial charge in [0, 0.05) is 24.2 Å². The van der Waals surface area contributed by atoms with Gasteiger partial charge in [0.2, 0.25) is 0 Å². The molecular formula is C17H25N3S. The number of hydrogen-bond acceptors (Lipinski definition) is 4. The van der Waals surface area contributed by atoms with E-state index in [0.29, 0.717) is 11.5 Å². The summed E-state index contributed by atoms with van der Waals surface area (Å²) in [5.74, 6) is 4.16. The van der Waals surface area contributed by atoms with Crippen LogP contribution in [0.3, 0.4) is 0 Å². The average molecular weight is 303 g/mol. The summed E-state index contributed by atoms with van der Waals surface area (Å²) in [5.41, 5.74) is 0.561. The van der Waals surface area contributed by atoms with E-state index in [-0.39, 0.29) is 0 Å². The Morgan fingerprint density at radius 1 is 1.14 bits per heavy atom. The Morgan fingerprint density at radius 3 is 2.24 bits per heavy atom. The van der Waals surface area contributed by atoms with Crippen LogP contribution in [0, 0.1) is 23.2 Å². The van der Waals surface area contributed by atoms with Gasteiger partial charge in [0.25, 0.3) is 0 Å². The molecule has 114 valence electrons. The first kappa shape index (κ1) is 14.0. The van der Waals surface area contributed by atoms with E-state index < -0.39 is 0 Å². The molecule has 1 aromatic heterocycles. The zero-order chi connectivity index (χ0) is 14.3. The summed E-state index contributed by atoms with van der Waals surface area (Å²) in [6, 6.07) is 2.50. The fraction of sp³-hybridized carbons (Fsp3) is 0.765. The quantitative estimate of drug-likeness (QED) is 0.668. The second-order valence-electron chi connectivity index (χ2n) is 7.46. The topological polar surface area (TPSA) is 37.8 Å². The van der Waals surface area contributed by atoms with Crippen molar-refractivity contribution in [1.82, 2.24) is 15.3 Å². The van der Waals surface area contributed by atoms with Gasteiger partial charge in [-0.05, 0) is 74.8 Å². The van der Waals surface area contributed by atoms with Crippen molar-refractivity contribution in [1.29, 1.82) is 0 Å². The normalized spacial score (nSPS) is 38.6. The van der Waals surface area contributed by atoms with Gasteiger partial charge in [0.1, 0.15) is 0 Å². The van der Waals surface area contributed by atoms with E-state index >= 15 is 0 Å². The molecule has 3 nitrogen and oxygen atoms in total. The lowest BCUT2D eigenvalue weighted by Gasteiger charge is -2.59. The first-order valence-corrected chi connectivity index (χ1v) is 9.33. The van der Waals surface area contributed by atoms with Gasteiger partial charge in [-0.25, -0.2) is 9.97 Å². The Bertz CT molecular complexity index is 455. The van der Waals surface area contributed by atoms with Gasteiger partial charge in [-0.3, -0.25) is 0 Å². The highest BCUT2D eigenvalue weighted by atomic mass is 32.2. The van der Waals surface area contributed by atoms with E-state index in [1.54, 1.807) is 0 Å². The summed E-state index contributed by atoms with van der Waals surface area (Å²) in [5, 5.41) is 4.57. The molecule has 4 bridgehead atoms. The van der Waals surface area contributed by atoms with E-state index in [1.165, 1.54) is 38.5 Å². The maximum absolute atomic E-state index is 4.36. The van der Waals surface area contributed by atoms with Gasteiger partial charge in [0.15, 0.2) is 5.16 Å². The zero-order valence-electron chi connectivity index (χ0n) is 12.8. The fourth-order valence-electron chi connectivity index (χ4n) is 5.69. The maximum atomic E-state index is 4.36.